The summed E-state index contributed by atoms with van der Waals surface area (Å²) in [7, 11) is 0. The largest absolute Gasteiger partial charge is 0.314 e. The molecule has 0 radical (unpaired) electrons. The number of nitrogens with zero attached hydrogens (tertiary/aromatic N) is 1. The van der Waals surface area contributed by atoms with Gasteiger partial charge in [-0.2, -0.15) is 12.6 Å². The van der Waals surface area contributed by atoms with E-state index in [9.17, 15) is 4.79 Å². The zero-order chi connectivity index (χ0) is 11.4. The number of hydrogen-bond acceptors (Lipinski definition) is 2. The Morgan fingerprint density at radius 2 is 2.13 bits per heavy atom. The van der Waals surface area contributed by atoms with Gasteiger partial charge in [-0.05, 0) is 39.6 Å². The highest BCUT2D eigenvalue weighted by Crippen LogP contribution is 2.15. The second kappa shape index (κ2) is 5.75. The van der Waals surface area contributed by atoms with Crippen molar-refractivity contribution in [1.82, 2.24) is 4.57 Å². The minimum atomic E-state index is 0.0469. The Morgan fingerprint density at radius 3 is 2.67 bits per heavy atom. The standard InChI is InChI=1S/C11H16BrNOS/c1-8(2)9(7-15)5-13-6-10(12)3-4-11(13)14/h3-4,6,8-9,15H,5,7H2,1-2H3. The average Bonchev–Trinajstić information content (AvgIpc) is 2.18. The van der Waals surface area contributed by atoms with E-state index >= 15 is 0 Å². The van der Waals surface area contributed by atoms with Crippen molar-refractivity contribution in [2.75, 3.05) is 5.75 Å². The predicted molar refractivity (Wildman–Crippen MR) is 70.6 cm³/mol. The summed E-state index contributed by atoms with van der Waals surface area (Å²) >= 11 is 7.68. The normalized spacial score (nSPS) is 13.1. The molecule has 0 bridgehead atoms. The van der Waals surface area contributed by atoms with E-state index in [0.717, 1.165) is 16.8 Å². The monoisotopic (exact) mass is 289 g/mol. The lowest BCUT2D eigenvalue weighted by atomic mass is 9.98. The third kappa shape index (κ3) is 3.68. The van der Waals surface area contributed by atoms with Crippen LogP contribution < -0.4 is 5.56 Å². The molecule has 0 aliphatic rings. The zero-order valence-corrected chi connectivity index (χ0v) is 11.5. The number of halogens is 1. The van der Waals surface area contributed by atoms with Crippen molar-refractivity contribution in [3.05, 3.63) is 33.2 Å². The fraction of sp³-hybridized carbons (Fsp3) is 0.545. The van der Waals surface area contributed by atoms with Gasteiger partial charge in [0, 0.05) is 23.3 Å². The molecule has 1 heterocycles. The Hall–Kier alpha value is -0.220. The third-order valence-corrected chi connectivity index (χ3v) is 3.49. The first-order valence-corrected chi connectivity index (χ1v) is 6.44. The summed E-state index contributed by atoms with van der Waals surface area (Å²) in [4.78, 5) is 11.6. The quantitative estimate of drug-likeness (QED) is 0.846. The maximum atomic E-state index is 11.6. The molecule has 1 aromatic rings. The smallest absolute Gasteiger partial charge is 0.250 e. The lowest BCUT2D eigenvalue weighted by Gasteiger charge is -2.19. The van der Waals surface area contributed by atoms with Gasteiger partial charge < -0.3 is 4.57 Å². The van der Waals surface area contributed by atoms with Gasteiger partial charge in [0.15, 0.2) is 0 Å². The molecule has 0 fully saturated rings. The Balaban J connectivity index is 2.87. The Labute approximate surface area is 104 Å². The van der Waals surface area contributed by atoms with Gasteiger partial charge in [-0.3, -0.25) is 4.79 Å². The van der Waals surface area contributed by atoms with Crippen LogP contribution in [0.25, 0.3) is 0 Å². The van der Waals surface area contributed by atoms with Crippen molar-refractivity contribution in [3.63, 3.8) is 0 Å². The molecule has 15 heavy (non-hydrogen) atoms. The van der Waals surface area contributed by atoms with Gasteiger partial charge in [0.05, 0.1) is 0 Å². The summed E-state index contributed by atoms with van der Waals surface area (Å²) < 4.78 is 2.68. The second-order valence-electron chi connectivity index (χ2n) is 4.02. The number of thiol groups is 1. The molecule has 0 aliphatic heterocycles. The first-order valence-electron chi connectivity index (χ1n) is 5.01. The maximum Gasteiger partial charge on any atom is 0.250 e. The SMILES string of the molecule is CC(C)C(CS)Cn1cc(Br)ccc1=O. The summed E-state index contributed by atoms with van der Waals surface area (Å²) in [6.07, 6.45) is 1.83. The summed E-state index contributed by atoms with van der Waals surface area (Å²) in [5, 5.41) is 0. The van der Waals surface area contributed by atoms with Crippen LogP contribution in [0.5, 0.6) is 0 Å². The van der Waals surface area contributed by atoms with Gasteiger partial charge >= 0.3 is 0 Å². The van der Waals surface area contributed by atoms with E-state index in [4.69, 9.17) is 0 Å². The van der Waals surface area contributed by atoms with Crippen molar-refractivity contribution in [2.45, 2.75) is 20.4 Å². The van der Waals surface area contributed by atoms with E-state index in [-0.39, 0.29) is 5.56 Å². The van der Waals surface area contributed by atoms with Gasteiger partial charge in [0.1, 0.15) is 0 Å². The van der Waals surface area contributed by atoms with Crippen molar-refractivity contribution in [2.24, 2.45) is 11.8 Å². The molecule has 4 heteroatoms. The molecular formula is C11H16BrNOS. The van der Waals surface area contributed by atoms with Gasteiger partial charge in [0.25, 0.3) is 5.56 Å². The molecule has 1 rings (SSSR count). The molecule has 0 aliphatic carbocycles. The predicted octanol–water partition coefficient (Wildman–Crippen LogP) is 2.81. The lowest BCUT2D eigenvalue weighted by molar-refractivity contribution is 0.367. The minimum absolute atomic E-state index is 0.0469. The topological polar surface area (TPSA) is 22.0 Å². The molecule has 0 saturated carbocycles. The molecule has 0 saturated heterocycles. The molecule has 0 amide bonds. The number of rotatable bonds is 4. The maximum absolute atomic E-state index is 11.6. The number of aromatic nitrogens is 1. The molecular weight excluding hydrogens is 274 g/mol. The summed E-state index contributed by atoms with van der Waals surface area (Å²) in [5.74, 6) is 1.77. The molecule has 1 atom stereocenters. The molecule has 0 N–H and O–H groups in total. The Bertz CT molecular complexity index is 375. The molecule has 2 nitrogen and oxygen atoms in total. The summed E-state index contributed by atoms with van der Waals surface area (Å²) in [6, 6.07) is 3.35. The van der Waals surface area contributed by atoms with E-state index in [1.54, 1.807) is 16.7 Å². The van der Waals surface area contributed by atoms with Gasteiger partial charge in [-0.15, -0.1) is 0 Å². The van der Waals surface area contributed by atoms with Crippen LogP contribution in [-0.4, -0.2) is 10.3 Å². The number of hydrogen-bond donors (Lipinski definition) is 1. The highest BCUT2D eigenvalue weighted by molar-refractivity contribution is 9.10. The molecule has 1 aromatic heterocycles. The Morgan fingerprint density at radius 1 is 1.47 bits per heavy atom. The molecule has 0 aromatic carbocycles. The van der Waals surface area contributed by atoms with Crippen LogP contribution in [0.2, 0.25) is 0 Å². The fourth-order valence-corrected chi connectivity index (χ4v) is 2.29. The highest BCUT2D eigenvalue weighted by Gasteiger charge is 2.12. The highest BCUT2D eigenvalue weighted by atomic mass is 79.9. The molecule has 0 spiro atoms. The van der Waals surface area contributed by atoms with Crippen molar-refractivity contribution < 1.29 is 0 Å². The zero-order valence-electron chi connectivity index (χ0n) is 8.98. The first kappa shape index (κ1) is 12.8. The van der Waals surface area contributed by atoms with Crippen LogP contribution in [0.1, 0.15) is 13.8 Å². The number of pyridine rings is 1. The van der Waals surface area contributed by atoms with Crippen LogP contribution in [-0.2, 0) is 6.54 Å². The van der Waals surface area contributed by atoms with Gasteiger partial charge in [0.2, 0.25) is 0 Å². The van der Waals surface area contributed by atoms with Crippen LogP contribution >= 0.6 is 28.6 Å². The average molecular weight is 290 g/mol. The Kier molecular flexibility index (Phi) is 4.93. The van der Waals surface area contributed by atoms with Crippen LogP contribution in [0.15, 0.2) is 27.6 Å². The van der Waals surface area contributed by atoms with E-state index in [0.29, 0.717) is 11.8 Å². The minimum Gasteiger partial charge on any atom is -0.314 e. The van der Waals surface area contributed by atoms with Crippen LogP contribution in [0.4, 0.5) is 0 Å². The van der Waals surface area contributed by atoms with Crippen molar-refractivity contribution in [1.29, 1.82) is 0 Å². The molecule has 1 unspecified atom stereocenters. The van der Waals surface area contributed by atoms with Gasteiger partial charge in [-0.25, -0.2) is 0 Å². The lowest BCUT2D eigenvalue weighted by Crippen LogP contribution is -2.26. The van der Waals surface area contributed by atoms with Crippen LogP contribution in [0.3, 0.4) is 0 Å². The summed E-state index contributed by atoms with van der Waals surface area (Å²) in [5.41, 5.74) is 0.0469. The summed E-state index contributed by atoms with van der Waals surface area (Å²) in [6.45, 7) is 5.05. The van der Waals surface area contributed by atoms with Crippen molar-refractivity contribution in [3.8, 4) is 0 Å². The molecule has 84 valence electrons. The van der Waals surface area contributed by atoms with Crippen LogP contribution in [0, 0.1) is 11.8 Å². The fourth-order valence-electron chi connectivity index (χ4n) is 1.38. The first-order chi connectivity index (χ1) is 7.04. The van der Waals surface area contributed by atoms with Gasteiger partial charge in [-0.1, -0.05) is 13.8 Å². The second-order valence-corrected chi connectivity index (χ2v) is 5.31. The third-order valence-electron chi connectivity index (χ3n) is 2.56. The van der Waals surface area contributed by atoms with Crippen molar-refractivity contribution >= 4 is 28.6 Å². The van der Waals surface area contributed by atoms with E-state index in [1.165, 1.54) is 0 Å². The van der Waals surface area contributed by atoms with E-state index < -0.39 is 0 Å². The van der Waals surface area contributed by atoms with E-state index in [1.807, 2.05) is 6.20 Å². The van der Waals surface area contributed by atoms with E-state index in [2.05, 4.69) is 42.4 Å².